The second-order valence-corrected chi connectivity index (χ2v) is 14.3. The summed E-state index contributed by atoms with van der Waals surface area (Å²) >= 11 is 0. The number of ether oxygens (including phenoxy) is 2. The van der Waals surface area contributed by atoms with Gasteiger partial charge >= 0.3 is 5.97 Å². The molecule has 30 heavy (non-hydrogen) atoms. The van der Waals surface area contributed by atoms with E-state index in [0.717, 1.165) is 0 Å². The van der Waals surface area contributed by atoms with Gasteiger partial charge in [0.15, 0.2) is 8.32 Å². The highest BCUT2D eigenvalue weighted by molar-refractivity contribution is 6.74. The number of anilines is 1. The minimum Gasteiger partial charge on any atom is -0.459 e. The molecule has 2 aliphatic heterocycles. The number of esters is 1. The Morgan fingerprint density at radius 1 is 1.40 bits per heavy atom. The molecule has 9 nitrogen and oxygen atoms in total. The van der Waals surface area contributed by atoms with Crippen LogP contribution in [0.5, 0.6) is 0 Å². The number of fused-ring (bicyclic) bond motifs is 2. The van der Waals surface area contributed by atoms with Gasteiger partial charge in [-0.1, -0.05) is 20.8 Å². The maximum absolute atomic E-state index is 12.1. The molecule has 4 heterocycles. The van der Waals surface area contributed by atoms with E-state index in [1.165, 1.54) is 6.33 Å². The fourth-order valence-corrected chi connectivity index (χ4v) is 4.88. The first kappa shape index (κ1) is 20.8. The predicted molar refractivity (Wildman–Crippen MR) is 112 cm³/mol. The van der Waals surface area contributed by atoms with E-state index in [0.29, 0.717) is 23.2 Å². The van der Waals surface area contributed by atoms with Crippen LogP contribution in [0.4, 0.5) is 5.82 Å². The summed E-state index contributed by atoms with van der Waals surface area (Å²) in [5.41, 5.74) is 6.86. The standard InChI is InChI=1S/C20H27N5O4Si/c1-20(2,3)30(4,5)27-9-13-16-12(6-14(26)29-16)19(28-13)25-8-11(7-21)15-17(22)23-10-24-18(15)25/h8,10,12-13,16,19H,6,9H2,1-5H3,(H2,22,23,24). The Morgan fingerprint density at radius 2 is 2.13 bits per heavy atom. The SMILES string of the molecule is CC(C)(C)[Si](C)(C)OCC1OC(n2cc(C#N)c3c(N)ncnc32)C2CC(=O)OC12. The minimum atomic E-state index is -1.99. The van der Waals surface area contributed by atoms with Crippen LogP contribution in [-0.4, -0.2) is 47.6 Å². The van der Waals surface area contributed by atoms with Crippen LogP contribution in [-0.2, 0) is 18.7 Å². The lowest BCUT2D eigenvalue weighted by Crippen LogP contribution is -2.44. The van der Waals surface area contributed by atoms with E-state index < -0.39 is 20.6 Å². The molecule has 2 aliphatic rings. The zero-order valence-corrected chi connectivity index (χ0v) is 18.9. The van der Waals surface area contributed by atoms with Crippen molar-refractivity contribution in [2.45, 2.75) is 63.8 Å². The number of rotatable bonds is 4. The van der Waals surface area contributed by atoms with Crippen LogP contribution >= 0.6 is 0 Å². The molecule has 4 atom stereocenters. The van der Waals surface area contributed by atoms with Gasteiger partial charge < -0.3 is 24.2 Å². The number of carbonyl (C=O) groups excluding carboxylic acids is 1. The van der Waals surface area contributed by atoms with E-state index in [1.54, 1.807) is 10.8 Å². The number of nitrogen functional groups attached to an aromatic ring is 1. The number of nitriles is 1. The van der Waals surface area contributed by atoms with Crippen molar-refractivity contribution in [3.05, 3.63) is 18.1 Å². The highest BCUT2D eigenvalue weighted by Crippen LogP contribution is 2.45. The summed E-state index contributed by atoms with van der Waals surface area (Å²) in [4.78, 5) is 20.4. The van der Waals surface area contributed by atoms with Crippen LogP contribution in [0.1, 0.15) is 39.0 Å². The number of carbonyl (C=O) groups is 1. The fraction of sp³-hybridized carbons (Fsp3) is 0.600. The Balaban J connectivity index is 1.66. The number of nitrogens with two attached hydrogens (primary N) is 1. The van der Waals surface area contributed by atoms with Gasteiger partial charge in [0.25, 0.3) is 0 Å². The molecule has 0 amide bonds. The molecule has 0 spiro atoms. The van der Waals surface area contributed by atoms with Crippen molar-refractivity contribution in [1.82, 2.24) is 14.5 Å². The van der Waals surface area contributed by atoms with Crippen LogP contribution in [0, 0.1) is 17.2 Å². The van der Waals surface area contributed by atoms with Gasteiger partial charge in [-0.25, -0.2) is 9.97 Å². The van der Waals surface area contributed by atoms with Crippen LogP contribution in [0.2, 0.25) is 18.1 Å². The third kappa shape index (κ3) is 3.27. The highest BCUT2D eigenvalue weighted by Gasteiger charge is 2.53. The van der Waals surface area contributed by atoms with Crippen molar-refractivity contribution in [1.29, 1.82) is 5.26 Å². The van der Waals surface area contributed by atoms with Gasteiger partial charge in [-0.05, 0) is 18.1 Å². The third-order valence-corrected chi connectivity index (χ3v) is 11.1. The van der Waals surface area contributed by atoms with E-state index >= 15 is 0 Å². The van der Waals surface area contributed by atoms with Gasteiger partial charge in [-0.3, -0.25) is 4.79 Å². The van der Waals surface area contributed by atoms with Crippen molar-refractivity contribution in [3.8, 4) is 6.07 Å². The Kier molecular flexibility index (Phi) is 4.88. The van der Waals surface area contributed by atoms with Crippen LogP contribution < -0.4 is 5.73 Å². The van der Waals surface area contributed by atoms with E-state index in [4.69, 9.17) is 19.6 Å². The Bertz CT molecular complexity index is 1040. The number of hydrogen-bond acceptors (Lipinski definition) is 8. The van der Waals surface area contributed by atoms with E-state index in [-0.39, 0.29) is 35.3 Å². The molecular weight excluding hydrogens is 402 g/mol. The molecule has 0 aromatic carbocycles. The lowest BCUT2D eigenvalue weighted by atomic mass is 9.99. The molecule has 2 aromatic rings. The molecular formula is C20H27N5O4Si. The Hall–Kier alpha value is -2.48. The Labute approximate surface area is 176 Å². The first-order valence-electron chi connectivity index (χ1n) is 10.0. The van der Waals surface area contributed by atoms with Crippen molar-refractivity contribution in [3.63, 3.8) is 0 Å². The molecule has 0 aliphatic carbocycles. The lowest BCUT2D eigenvalue weighted by molar-refractivity contribution is -0.147. The largest absolute Gasteiger partial charge is 0.459 e. The molecule has 4 rings (SSSR count). The summed E-state index contributed by atoms with van der Waals surface area (Å²) in [6.45, 7) is 11.2. The van der Waals surface area contributed by atoms with Gasteiger partial charge in [0.1, 0.15) is 42.3 Å². The predicted octanol–water partition coefficient (Wildman–Crippen LogP) is 2.74. The number of nitrogens with zero attached hydrogens (tertiary/aromatic N) is 4. The quantitative estimate of drug-likeness (QED) is 0.581. The van der Waals surface area contributed by atoms with E-state index in [1.807, 2.05) is 0 Å². The first-order chi connectivity index (χ1) is 14.0. The molecule has 160 valence electrons. The average Bonchev–Trinajstić information content (AvgIpc) is 3.31. The van der Waals surface area contributed by atoms with Crippen molar-refractivity contribution in [2.24, 2.45) is 5.92 Å². The summed E-state index contributed by atoms with van der Waals surface area (Å²) in [7, 11) is -1.99. The molecule has 2 aromatic heterocycles. The summed E-state index contributed by atoms with van der Waals surface area (Å²) in [6, 6.07) is 2.14. The zero-order valence-electron chi connectivity index (χ0n) is 17.9. The van der Waals surface area contributed by atoms with E-state index in [2.05, 4.69) is 49.9 Å². The van der Waals surface area contributed by atoms with Crippen LogP contribution in [0.3, 0.4) is 0 Å². The molecule has 0 saturated carbocycles. The molecule has 0 radical (unpaired) electrons. The molecule has 4 unspecified atom stereocenters. The average molecular weight is 430 g/mol. The summed E-state index contributed by atoms with van der Waals surface area (Å²) in [5.74, 6) is -0.202. The maximum atomic E-state index is 12.1. The van der Waals surface area contributed by atoms with Gasteiger partial charge in [0, 0.05) is 6.20 Å². The second-order valence-electron chi connectivity index (χ2n) is 9.48. The highest BCUT2D eigenvalue weighted by atomic mass is 28.4. The maximum Gasteiger partial charge on any atom is 0.306 e. The number of hydrogen-bond donors (Lipinski definition) is 1. The van der Waals surface area contributed by atoms with Gasteiger partial charge in [0.05, 0.1) is 29.9 Å². The van der Waals surface area contributed by atoms with Crippen molar-refractivity contribution >= 4 is 31.1 Å². The Morgan fingerprint density at radius 3 is 2.80 bits per heavy atom. The molecule has 2 saturated heterocycles. The summed E-state index contributed by atoms with van der Waals surface area (Å²) < 4.78 is 20.1. The minimum absolute atomic E-state index is 0.0591. The smallest absolute Gasteiger partial charge is 0.306 e. The molecule has 10 heteroatoms. The summed E-state index contributed by atoms with van der Waals surface area (Å²) in [5, 5.41) is 10.1. The first-order valence-corrected chi connectivity index (χ1v) is 12.9. The zero-order chi connectivity index (χ0) is 21.8. The van der Waals surface area contributed by atoms with Gasteiger partial charge in [-0.15, -0.1) is 0 Å². The second kappa shape index (κ2) is 7.04. The summed E-state index contributed by atoms with van der Waals surface area (Å²) in [6.07, 6.45) is 1.98. The van der Waals surface area contributed by atoms with Crippen LogP contribution in [0.15, 0.2) is 12.5 Å². The fourth-order valence-electron chi connectivity index (χ4n) is 3.87. The lowest BCUT2D eigenvalue weighted by Gasteiger charge is -2.37. The van der Waals surface area contributed by atoms with Crippen LogP contribution in [0.25, 0.3) is 11.0 Å². The molecule has 0 bridgehead atoms. The van der Waals surface area contributed by atoms with Gasteiger partial charge in [0.2, 0.25) is 0 Å². The molecule has 2 N–H and O–H groups in total. The monoisotopic (exact) mass is 429 g/mol. The topological polar surface area (TPSA) is 125 Å². The van der Waals surface area contributed by atoms with E-state index in [9.17, 15) is 10.1 Å². The van der Waals surface area contributed by atoms with Gasteiger partial charge in [-0.2, -0.15) is 5.26 Å². The molecule has 2 fully saturated rings. The third-order valence-electron chi connectivity index (χ3n) is 6.59. The number of aromatic nitrogens is 3. The van der Waals surface area contributed by atoms with Crippen molar-refractivity contribution < 1.29 is 18.7 Å². The van der Waals surface area contributed by atoms with Crippen molar-refractivity contribution in [2.75, 3.05) is 12.3 Å². The normalized spacial score (nSPS) is 26.6.